The van der Waals surface area contributed by atoms with Gasteiger partial charge in [0.25, 0.3) is 0 Å². The number of hydrogen-bond donors (Lipinski definition) is 2. The Balaban J connectivity index is 1.26. The predicted molar refractivity (Wildman–Crippen MR) is 125 cm³/mol. The van der Waals surface area contributed by atoms with Crippen LogP contribution in [0.25, 0.3) is 0 Å². The molecular formula is C25H24N6O. The molecule has 32 heavy (non-hydrogen) atoms. The van der Waals surface area contributed by atoms with Crippen LogP contribution < -0.4 is 10.6 Å². The van der Waals surface area contributed by atoms with Crippen LogP contribution in [0.3, 0.4) is 0 Å². The van der Waals surface area contributed by atoms with Crippen LogP contribution in [-0.2, 0) is 17.6 Å². The molecule has 4 rings (SSSR count). The summed E-state index contributed by atoms with van der Waals surface area (Å²) in [5, 5.41) is 6.35. The number of anilines is 4. The maximum Gasteiger partial charge on any atom is 0.227 e. The molecule has 0 radical (unpaired) electrons. The molecule has 0 saturated carbocycles. The van der Waals surface area contributed by atoms with E-state index < -0.39 is 0 Å². The molecule has 0 aliphatic rings. The summed E-state index contributed by atoms with van der Waals surface area (Å²) in [6.07, 6.45) is 5.44. The lowest BCUT2D eigenvalue weighted by Crippen LogP contribution is -2.06. The number of carbonyl (C=O) groups excluding carboxylic acids is 1. The normalized spacial score (nSPS) is 10.5. The summed E-state index contributed by atoms with van der Waals surface area (Å²) in [7, 11) is 0. The van der Waals surface area contributed by atoms with Crippen molar-refractivity contribution >= 4 is 29.1 Å². The minimum absolute atomic E-state index is 0.178. The number of nitrogens with one attached hydrogen (secondary N) is 2. The zero-order valence-corrected chi connectivity index (χ0v) is 17.6. The van der Waals surface area contributed by atoms with Gasteiger partial charge in [0.15, 0.2) is 0 Å². The van der Waals surface area contributed by atoms with E-state index in [2.05, 4.69) is 30.6 Å². The van der Waals surface area contributed by atoms with E-state index in [-0.39, 0.29) is 5.78 Å². The van der Waals surface area contributed by atoms with E-state index in [0.717, 1.165) is 22.8 Å². The highest BCUT2D eigenvalue weighted by Crippen LogP contribution is 2.14. The summed E-state index contributed by atoms with van der Waals surface area (Å²) in [6.45, 7) is 0. The van der Waals surface area contributed by atoms with Gasteiger partial charge in [0, 0.05) is 48.0 Å². The number of para-hydroxylation sites is 2. The number of hydrogen-bond acceptors (Lipinski definition) is 7. The maximum absolute atomic E-state index is 12.4. The average Bonchev–Trinajstić information content (AvgIpc) is 2.83. The van der Waals surface area contributed by atoms with Crippen LogP contribution in [0.2, 0.25) is 0 Å². The second kappa shape index (κ2) is 10.8. The first kappa shape index (κ1) is 21.1. The Kier molecular flexibility index (Phi) is 7.10. The van der Waals surface area contributed by atoms with Crippen LogP contribution in [0, 0.1) is 0 Å². The second-order valence-corrected chi connectivity index (χ2v) is 7.26. The van der Waals surface area contributed by atoms with Gasteiger partial charge in [-0.2, -0.15) is 0 Å². The fraction of sp³-hybridized carbons (Fsp3) is 0.160. The molecule has 2 aromatic carbocycles. The van der Waals surface area contributed by atoms with Gasteiger partial charge in [-0.05, 0) is 49.2 Å². The molecule has 7 nitrogen and oxygen atoms in total. The van der Waals surface area contributed by atoms with E-state index >= 15 is 0 Å². The minimum atomic E-state index is 0.178. The first-order chi connectivity index (χ1) is 15.7. The molecule has 160 valence electrons. The van der Waals surface area contributed by atoms with Crippen LogP contribution >= 0.6 is 0 Å². The Morgan fingerprint density at radius 3 is 1.50 bits per heavy atom. The quantitative estimate of drug-likeness (QED) is 0.374. The molecule has 2 aromatic heterocycles. The van der Waals surface area contributed by atoms with E-state index in [9.17, 15) is 4.79 Å². The molecule has 2 N–H and O–H groups in total. The Morgan fingerprint density at radius 1 is 0.625 bits per heavy atom. The van der Waals surface area contributed by atoms with E-state index in [4.69, 9.17) is 0 Å². The van der Waals surface area contributed by atoms with Crippen molar-refractivity contribution in [3.05, 3.63) is 96.6 Å². The number of rotatable bonds is 10. The molecule has 0 atom stereocenters. The van der Waals surface area contributed by atoms with Gasteiger partial charge >= 0.3 is 0 Å². The van der Waals surface area contributed by atoms with Crippen LogP contribution in [-0.4, -0.2) is 25.7 Å². The van der Waals surface area contributed by atoms with Gasteiger partial charge in [-0.1, -0.05) is 36.4 Å². The summed E-state index contributed by atoms with van der Waals surface area (Å²) < 4.78 is 0. The number of aromatic nitrogens is 4. The Hall–Kier alpha value is -4.13. The molecule has 0 fully saturated rings. The zero-order chi connectivity index (χ0) is 22.0. The number of carbonyl (C=O) groups is 1. The topological polar surface area (TPSA) is 92.7 Å². The standard InChI is InChI=1S/C25H24N6O/c32-23(13-11-21-15-17-26-24(30-21)28-19-7-3-1-4-8-19)14-12-22-16-18-27-25(31-22)29-20-9-5-2-6-10-20/h1-10,15-18H,11-14H2,(H,26,28,30)(H,27,29,31). The minimum Gasteiger partial charge on any atom is -0.324 e. The molecule has 0 aliphatic heterocycles. The molecule has 2 heterocycles. The van der Waals surface area contributed by atoms with Gasteiger partial charge in [0.1, 0.15) is 5.78 Å². The zero-order valence-electron chi connectivity index (χ0n) is 17.6. The second-order valence-electron chi connectivity index (χ2n) is 7.26. The van der Waals surface area contributed by atoms with Crippen LogP contribution in [0.5, 0.6) is 0 Å². The number of Topliss-reactive ketones (excluding diaryl/α,β-unsaturated/α-hetero) is 1. The highest BCUT2D eigenvalue weighted by Gasteiger charge is 2.08. The summed E-state index contributed by atoms with van der Waals surface area (Å²) in [5.41, 5.74) is 3.52. The molecule has 0 bridgehead atoms. The lowest BCUT2D eigenvalue weighted by atomic mass is 10.1. The van der Waals surface area contributed by atoms with Crippen molar-refractivity contribution in [3.8, 4) is 0 Å². The third-order valence-corrected chi connectivity index (χ3v) is 4.81. The first-order valence-electron chi connectivity index (χ1n) is 10.5. The van der Waals surface area contributed by atoms with E-state index in [1.54, 1.807) is 12.4 Å². The van der Waals surface area contributed by atoms with Crippen molar-refractivity contribution in [2.75, 3.05) is 10.6 Å². The van der Waals surface area contributed by atoms with Crippen molar-refractivity contribution in [2.24, 2.45) is 0 Å². The first-order valence-corrected chi connectivity index (χ1v) is 10.5. The third kappa shape index (κ3) is 6.43. The number of aryl methyl sites for hydroxylation is 2. The van der Waals surface area contributed by atoms with Gasteiger partial charge < -0.3 is 10.6 Å². The lowest BCUT2D eigenvalue weighted by molar-refractivity contribution is -0.119. The smallest absolute Gasteiger partial charge is 0.227 e. The van der Waals surface area contributed by atoms with Crippen molar-refractivity contribution in [3.63, 3.8) is 0 Å². The molecule has 0 aliphatic carbocycles. The molecule has 4 aromatic rings. The summed E-state index contributed by atoms with van der Waals surface area (Å²) >= 11 is 0. The van der Waals surface area contributed by atoms with E-state index in [1.165, 1.54) is 0 Å². The van der Waals surface area contributed by atoms with Crippen molar-refractivity contribution in [1.29, 1.82) is 0 Å². The van der Waals surface area contributed by atoms with Crippen molar-refractivity contribution in [2.45, 2.75) is 25.7 Å². The fourth-order valence-corrected chi connectivity index (χ4v) is 3.15. The fourth-order valence-electron chi connectivity index (χ4n) is 3.15. The van der Waals surface area contributed by atoms with Crippen LogP contribution in [0.4, 0.5) is 23.3 Å². The molecule has 0 amide bonds. The van der Waals surface area contributed by atoms with Gasteiger partial charge in [-0.25, -0.2) is 19.9 Å². The van der Waals surface area contributed by atoms with Gasteiger partial charge in [-0.3, -0.25) is 4.79 Å². The SMILES string of the molecule is O=C(CCc1ccnc(Nc2ccccc2)n1)CCc1ccnc(Nc2ccccc2)n1. The van der Waals surface area contributed by atoms with Gasteiger partial charge in [-0.15, -0.1) is 0 Å². The van der Waals surface area contributed by atoms with Crippen molar-refractivity contribution < 1.29 is 4.79 Å². The number of nitrogens with zero attached hydrogens (tertiary/aromatic N) is 4. The maximum atomic E-state index is 12.4. The monoisotopic (exact) mass is 424 g/mol. The number of benzene rings is 2. The molecule has 0 unspecified atom stereocenters. The molecule has 7 heteroatoms. The summed E-state index contributed by atoms with van der Waals surface area (Å²) in [4.78, 5) is 29.9. The van der Waals surface area contributed by atoms with E-state index in [0.29, 0.717) is 37.6 Å². The third-order valence-electron chi connectivity index (χ3n) is 4.81. The van der Waals surface area contributed by atoms with Gasteiger partial charge in [0.05, 0.1) is 0 Å². The highest BCUT2D eigenvalue weighted by atomic mass is 16.1. The van der Waals surface area contributed by atoms with Crippen molar-refractivity contribution in [1.82, 2.24) is 19.9 Å². The van der Waals surface area contributed by atoms with Gasteiger partial charge in [0.2, 0.25) is 11.9 Å². The molecular weight excluding hydrogens is 400 g/mol. The van der Waals surface area contributed by atoms with E-state index in [1.807, 2.05) is 72.8 Å². The summed E-state index contributed by atoms with van der Waals surface area (Å²) in [5.74, 6) is 1.23. The van der Waals surface area contributed by atoms with Crippen LogP contribution in [0.1, 0.15) is 24.2 Å². The van der Waals surface area contributed by atoms with Crippen LogP contribution in [0.15, 0.2) is 85.2 Å². The Labute approximate surface area is 187 Å². The average molecular weight is 425 g/mol. The lowest BCUT2D eigenvalue weighted by Gasteiger charge is -2.07. The Bertz CT molecular complexity index is 1060. The largest absolute Gasteiger partial charge is 0.324 e. The summed E-state index contributed by atoms with van der Waals surface area (Å²) in [6, 6.07) is 23.2. The number of ketones is 1. The Morgan fingerprint density at radius 2 is 1.06 bits per heavy atom. The molecule has 0 spiro atoms. The molecule has 0 saturated heterocycles. The predicted octanol–water partition coefficient (Wildman–Crippen LogP) is 4.89. The highest BCUT2D eigenvalue weighted by molar-refractivity contribution is 5.78.